The third-order valence-corrected chi connectivity index (χ3v) is 5.01. The van der Waals surface area contributed by atoms with Crippen molar-refractivity contribution in [3.05, 3.63) is 53.7 Å². The van der Waals surface area contributed by atoms with Crippen molar-refractivity contribution in [3.8, 4) is 23.6 Å². The zero-order valence-electron chi connectivity index (χ0n) is 15.4. The second kappa shape index (κ2) is 11.4. The fraction of sp³-hybridized carbons (Fsp3) is 0.158. The summed E-state index contributed by atoms with van der Waals surface area (Å²) in [5.41, 5.74) is 0.993. The fourth-order valence-electron chi connectivity index (χ4n) is 2.13. The van der Waals surface area contributed by atoms with Crippen LogP contribution in [0.15, 0.2) is 24.3 Å². The van der Waals surface area contributed by atoms with Gasteiger partial charge < -0.3 is 19.3 Å². The molecule has 0 aliphatic rings. The molecule has 0 saturated heterocycles. The number of carboxylic acid groups (broad SMARTS) is 1. The van der Waals surface area contributed by atoms with Gasteiger partial charge in [0.15, 0.2) is 0 Å². The van der Waals surface area contributed by atoms with Crippen molar-refractivity contribution in [1.82, 2.24) is 0 Å². The lowest BCUT2D eigenvalue weighted by atomic mass is 10.1. The Balaban J connectivity index is 0.000000291. The maximum absolute atomic E-state index is 11.3. The number of methoxy groups -OCH3 is 3. The first-order chi connectivity index (χ1) is 13.7. The van der Waals surface area contributed by atoms with E-state index < -0.39 is 11.9 Å². The monoisotopic (exact) mass is 620 g/mol. The molecule has 0 saturated carbocycles. The molecular weight excluding hydrogens is 606 g/mol. The summed E-state index contributed by atoms with van der Waals surface area (Å²) in [7, 11) is 4.22. The summed E-state index contributed by atoms with van der Waals surface area (Å²) in [4.78, 5) is 21.9. The van der Waals surface area contributed by atoms with Gasteiger partial charge in [0.2, 0.25) is 0 Å². The van der Waals surface area contributed by atoms with Gasteiger partial charge in [-0.25, -0.2) is 9.59 Å². The van der Waals surface area contributed by atoms with Gasteiger partial charge in [-0.1, -0.05) is 0 Å². The number of carbonyl (C=O) groups is 2. The number of hydrogen-bond donors (Lipinski definition) is 1. The second-order valence-corrected chi connectivity index (χ2v) is 7.42. The maximum Gasteiger partial charge on any atom is 0.337 e. The molecule has 0 heterocycles. The molecule has 0 aliphatic carbocycles. The molecule has 0 atom stereocenters. The molecule has 0 fully saturated rings. The van der Waals surface area contributed by atoms with Crippen LogP contribution < -0.4 is 9.47 Å². The van der Waals surface area contributed by atoms with E-state index in [1.54, 1.807) is 6.07 Å². The third-order valence-electron chi connectivity index (χ3n) is 3.40. The average Bonchev–Trinajstić information content (AvgIpc) is 2.71. The van der Waals surface area contributed by atoms with Gasteiger partial charge in [0.25, 0.3) is 0 Å². The molecule has 8 nitrogen and oxygen atoms in total. The number of aromatic carboxylic acids is 1. The Morgan fingerprint density at radius 1 is 0.862 bits per heavy atom. The molecule has 1 N–H and O–H groups in total. The molecular formula is C19H14I2N2O6. The van der Waals surface area contributed by atoms with Crippen LogP contribution >= 0.6 is 45.2 Å². The first-order valence-corrected chi connectivity index (χ1v) is 9.76. The molecule has 2 rings (SSSR count). The Kier molecular flexibility index (Phi) is 9.64. The third kappa shape index (κ3) is 6.20. The minimum atomic E-state index is -1.05. The van der Waals surface area contributed by atoms with E-state index in [4.69, 9.17) is 25.1 Å². The van der Waals surface area contributed by atoms with E-state index in [1.165, 1.54) is 39.5 Å². The van der Waals surface area contributed by atoms with Gasteiger partial charge in [0.05, 0.1) is 50.7 Å². The van der Waals surface area contributed by atoms with Gasteiger partial charge in [-0.05, 0) is 69.4 Å². The highest BCUT2D eigenvalue weighted by Gasteiger charge is 2.14. The summed E-state index contributed by atoms with van der Waals surface area (Å²) in [5, 5.41) is 26.4. The first kappa shape index (κ1) is 24.5. The zero-order valence-corrected chi connectivity index (χ0v) is 19.8. The smallest absolute Gasteiger partial charge is 0.337 e. The van der Waals surface area contributed by atoms with Crippen LogP contribution in [-0.4, -0.2) is 38.4 Å². The Bertz CT molecular complexity index is 1020. The zero-order chi connectivity index (χ0) is 22.1. The Hall–Kier alpha value is -2.58. The van der Waals surface area contributed by atoms with Crippen LogP contribution in [0.4, 0.5) is 0 Å². The molecule has 0 radical (unpaired) electrons. The number of ether oxygens (including phenoxy) is 3. The molecule has 150 valence electrons. The summed E-state index contributed by atoms with van der Waals surface area (Å²) >= 11 is 3.93. The molecule has 0 spiro atoms. The molecule has 2 aromatic rings. The van der Waals surface area contributed by atoms with Gasteiger partial charge in [-0.2, -0.15) is 10.5 Å². The Morgan fingerprint density at radius 3 is 1.62 bits per heavy atom. The van der Waals surface area contributed by atoms with Crippen molar-refractivity contribution in [2.45, 2.75) is 0 Å². The van der Waals surface area contributed by atoms with Gasteiger partial charge in [0.1, 0.15) is 23.6 Å². The molecule has 0 unspecified atom stereocenters. The molecule has 10 heteroatoms. The SMILES string of the molecule is COC(=O)c1cc(I)c(OC)c(C#N)c1.COc1c(I)cc(C(=O)O)cc1C#N. The van der Waals surface area contributed by atoms with Crippen LogP contribution in [-0.2, 0) is 4.74 Å². The summed E-state index contributed by atoms with van der Waals surface area (Å²) < 4.78 is 15.9. The molecule has 29 heavy (non-hydrogen) atoms. The molecule has 0 aromatic heterocycles. The van der Waals surface area contributed by atoms with Gasteiger partial charge in [0, 0.05) is 0 Å². The topological polar surface area (TPSA) is 130 Å². The number of carboxylic acids is 1. The number of esters is 1. The molecule has 0 aliphatic heterocycles. The van der Waals surface area contributed by atoms with E-state index in [9.17, 15) is 9.59 Å². The number of benzene rings is 2. The predicted molar refractivity (Wildman–Crippen MR) is 119 cm³/mol. The van der Waals surface area contributed by atoms with Crippen molar-refractivity contribution in [2.24, 2.45) is 0 Å². The summed E-state index contributed by atoms with van der Waals surface area (Å²) in [6.07, 6.45) is 0. The number of halogens is 2. The number of carbonyl (C=O) groups excluding carboxylic acids is 1. The summed E-state index contributed by atoms with van der Waals surface area (Å²) in [6, 6.07) is 9.68. The lowest BCUT2D eigenvalue weighted by molar-refractivity contribution is 0.0599. The second-order valence-electron chi connectivity index (χ2n) is 5.10. The fourth-order valence-corrected chi connectivity index (χ4v) is 3.82. The normalized spacial score (nSPS) is 9.21. The van der Waals surface area contributed by atoms with Gasteiger partial charge in [-0.3, -0.25) is 0 Å². The van der Waals surface area contributed by atoms with Crippen molar-refractivity contribution < 1.29 is 28.9 Å². The standard InChI is InChI=1S/C10H8INO3.C9H6INO3/c1-14-9-7(5-12)3-6(4-8(9)11)10(13)15-2;1-14-8-6(4-11)2-5(9(12)13)3-7(8)10/h3-4H,1-2H3;2-3H,1H3,(H,12,13). The lowest BCUT2D eigenvalue weighted by Crippen LogP contribution is -2.03. The highest BCUT2D eigenvalue weighted by Crippen LogP contribution is 2.27. The largest absolute Gasteiger partial charge is 0.494 e. The van der Waals surface area contributed by atoms with Crippen LogP contribution in [0, 0.1) is 29.8 Å². The van der Waals surface area contributed by atoms with E-state index in [2.05, 4.69) is 4.74 Å². The Labute approximate surface area is 194 Å². The average molecular weight is 620 g/mol. The van der Waals surface area contributed by atoms with E-state index in [0.29, 0.717) is 29.8 Å². The van der Waals surface area contributed by atoms with Crippen molar-refractivity contribution in [1.29, 1.82) is 10.5 Å². The van der Waals surface area contributed by atoms with E-state index in [0.717, 1.165) is 0 Å². The first-order valence-electron chi connectivity index (χ1n) is 7.60. The minimum Gasteiger partial charge on any atom is -0.494 e. The van der Waals surface area contributed by atoms with Crippen molar-refractivity contribution in [3.63, 3.8) is 0 Å². The van der Waals surface area contributed by atoms with Crippen LogP contribution in [0.5, 0.6) is 11.5 Å². The van der Waals surface area contributed by atoms with E-state index in [1.807, 2.05) is 57.3 Å². The quantitative estimate of drug-likeness (QED) is 0.404. The molecule has 2 aromatic carbocycles. The van der Waals surface area contributed by atoms with Crippen LogP contribution in [0.25, 0.3) is 0 Å². The highest BCUT2D eigenvalue weighted by molar-refractivity contribution is 14.1. The van der Waals surface area contributed by atoms with E-state index >= 15 is 0 Å². The van der Waals surface area contributed by atoms with Crippen LogP contribution in [0.3, 0.4) is 0 Å². The predicted octanol–water partition coefficient (Wildman–Crippen LogP) is 3.83. The number of hydrogen-bond acceptors (Lipinski definition) is 7. The molecule has 0 amide bonds. The van der Waals surface area contributed by atoms with Gasteiger partial charge >= 0.3 is 11.9 Å². The van der Waals surface area contributed by atoms with Gasteiger partial charge in [-0.15, -0.1) is 0 Å². The minimum absolute atomic E-state index is 0.0896. The number of rotatable bonds is 4. The Morgan fingerprint density at radius 2 is 1.28 bits per heavy atom. The van der Waals surface area contributed by atoms with Crippen LogP contribution in [0.2, 0.25) is 0 Å². The van der Waals surface area contributed by atoms with Crippen LogP contribution in [0.1, 0.15) is 31.8 Å². The maximum atomic E-state index is 11.3. The number of nitrogens with zero attached hydrogens (tertiary/aromatic N) is 2. The summed E-state index contributed by atoms with van der Waals surface area (Å²) in [5.74, 6) is -0.627. The summed E-state index contributed by atoms with van der Waals surface area (Å²) in [6.45, 7) is 0. The van der Waals surface area contributed by atoms with Crippen molar-refractivity contribution in [2.75, 3.05) is 21.3 Å². The highest BCUT2D eigenvalue weighted by atomic mass is 127. The van der Waals surface area contributed by atoms with E-state index in [-0.39, 0.29) is 11.1 Å². The van der Waals surface area contributed by atoms with Crippen molar-refractivity contribution >= 4 is 57.1 Å². The molecule has 0 bridgehead atoms. The lowest BCUT2D eigenvalue weighted by Gasteiger charge is -2.07. The number of nitriles is 2.